The maximum atomic E-state index is 12.9. The second-order valence-electron chi connectivity index (χ2n) is 16.9. The molecule has 57 heavy (non-hydrogen) atoms. The largest absolute Gasteiger partial charge is 0.472 e. The first-order valence-corrected chi connectivity index (χ1v) is 24.6. The predicted octanol–water partition coefficient (Wildman–Crippen LogP) is 11.8. The van der Waals surface area contributed by atoms with Gasteiger partial charge in [-0.05, 0) is 83.5 Å². The fourth-order valence-corrected chi connectivity index (χ4v) is 7.10. The Hall–Kier alpha value is -1.58. The van der Waals surface area contributed by atoms with Crippen molar-refractivity contribution in [2.75, 3.05) is 40.9 Å². The van der Waals surface area contributed by atoms with Gasteiger partial charge in [-0.15, -0.1) is 0 Å². The van der Waals surface area contributed by atoms with E-state index in [-0.39, 0.29) is 18.9 Å². The summed E-state index contributed by atoms with van der Waals surface area (Å²) in [5, 5.41) is 24.6. The van der Waals surface area contributed by atoms with Crippen LogP contribution in [-0.2, 0) is 18.4 Å². The number of hydrogen-bond donors (Lipinski definition) is 4. The average molecular weight is 826 g/mol. The van der Waals surface area contributed by atoms with Crippen LogP contribution in [0.1, 0.15) is 187 Å². The van der Waals surface area contributed by atoms with E-state index in [2.05, 4.69) is 67.8 Å². The number of carbonyl (C=O) groups excluding carboxylic acids is 1. The molecule has 10 heteroatoms. The van der Waals surface area contributed by atoms with Gasteiger partial charge in [0.05, 0.1) is 39.9 Å². The standard InChI is InChI=1S/C47H89N2O7P/c1-6-8-10-12-14-16-18-20-21-22-23-24-25-26-27-28-30-32-34-36-38-40-46(51)48-44(43-56-57(53,54)55-42-41-49(3,4)5)47(52)45(50)39-37-35-33-31-29-19-17-15-13-11-9-7-2/h15,17-18,20,22-23,31,33,44-45,47,50,52H,6-14,16,19,21,24-30,32,34-43H2,1-5H3,(H-,48,51,53,54)/p+1/b17-15+,20-18-,23-22-,33-31+. The Bertz CT molecular complexity index is 1090. The molecule has 9 nitrogen and oxygen atoms in total. The number of likely N-dealkylation sites (N-methyl/N-ethyl adjacent to an activating group) is 1. The molecule has 0 aliphatic heterocycles. The van der Waals surface area contributed by atoms with Gasteiger partial charge in [-0.1, -0.05) is 146 Å². The van der Waals surface area contributed by atoms with E-state index < -0.39 is 32.7 Å². The van der Waals surface area contributed by atoms with Crippen molar-refractivity contribution in [3.05, 3.63) is 48.6 Å². The molecule has 0 aliphatic rings. The van der Waals surface area contributed by atoms with Crippen LogP contribution in [-0.4, -0.2) is 84.6 Å². The minimum Gasteiger partial charge on any atom is -0.390 e. The summed E-state index contributed by atoms with van der Waals surface area (Å²) in [4.78, 5) is 23.2. The fourth-order valence-electron chi connectivity index (χ4n) is 6.36. The number of phosphoric ester groups is 1. The van der Waals surface area contributed by atoms with Crippen molar-refractivity contribution in [3.8, 4) is 0 Å². The molecule has 0 saturated heterocycles. The summed E-state index contributed by atoms with van der Waals surface area (Å²) in [5.74, 6) is -0.279. The molecule has 0 aromatic heterocycles. The highest BCUT2D eigenvalue weighted by atomic mass is 31.2. The Morgan fingerprint density at radius 1 is 0.614 bits per heavy atom. The SMILES string of the molecule is CCCCC/C=C/CC/C=C/CCCC(O)C(O)C(COP(=O)(O)OCC[N+](C)(C)C)NC(=O)CCCCCCCCCCC/C=C\C/C=C\CCCCCCC. The van der Waals surface area contributed by atoms with E-state index >= 15 is 0 Å². The third kappa shape index (κ3) is 39.6. The number of phosphoric acid groups is 1. The predicted molar refractivity (Wildman–Crippen MR) is 241 cm³/mol. The van der Waals surface area contributed by atoms with E-state index in [0.717, 1.165) is 57.8 Å². The molecule has 0 fully saturated rings. The molecule has 0 aromatic rings. The van der Waals surface area contributed by atoms with Gasteiger partial charge >= 0.3 is 7.82 Å². The quantitative estimate of drug-likeness (QED) is 0.0209. The summed E-state index contributed by atoms with van der Waals surface area (Å²) in [7, 11) is 1.40. The Kier molecular flexibility index (Phi) is 37.5. The number of amides is 1. The van der Waals surface area contributed by atoms with Gasteiger partial charge in [0.15, 0.2) is 0 Å². The van der Waals surface area contributed by atoms with Crippen LogP contribution in [0.3, 0.4) is 0 Å². The van der Waals surface area contributed by atoms with E-state index in [0.29, 0.717) is 30.3 Å². The maximum absolute atomic E-state index is 12.9. The Labute approximate surface area is 351 Å². The second kappa shape index (κ2) is 38.6. The molecule has 1 amide bonds. The van der Waals surface area contributed by atoms with E-state index in [9.17, 15) is 24.5 Å². The molecule has 0 spiro atoms. The number of aliphatic hydroxyl groups is 2. The third-order valence-electron chi connectivity index (χ3n) is 10.1. The summed E-state index contributed by atoms with van der Waals surface area (Å²) in [6, 6.07) is -1.06. The minimum absolute atomic E-state index is 0.0114. The van der Waals surface area contributed by atoms with Gasteiger partial charge < -0.3 is 24.9 Å². The zero-order valence-electron chi connectivity index (χ0n) is 37.4. The minimum atomic E-state index is -4.43. The number of unbranched alkanes of at least 4 members (excludes halogenated alkanes) is 19. The Morgan fingerprint density at radius 2 is 1.05 bits per heavy atom. The van der Waals surface area contributed by atoms with Crippen LogP contribution in [0.2, 0.25) is 0 Å². The topological polar surface area (TPSA) is 125 Å². The molecule has 0 heterocycles. The van der Waals surface area contributed by atoms with Crippen LogP contribution in [0.4, 0.5) is 0 Å². The normalized spacial score (nSPS) is 15.3. The molecular weight excluding hydrogens is 735 g/mol. The highest BCUT2D eigenvalue weighted by molar-refractivity contribution is 7.47. The molecule has 0 saturated carbocycles. The van der Waals surface area contributed by atoms with Crippen LogP contribution in [0.25, 0.3) is 0 Å². The van der Waals surface area contributed by atoms with Crippen LogP contribution >= 0.6 is 7.82 Å². The van der Waals surface area contributed by atoms with Crippen molar-refractivity contribution in [3.63, 3.8) is 0 Å². The zero-order chi connectivity index (χ0) is 42.3. The Balaban J connectivity index is 4.47. The van der Waals surface area contributed by atoms with Gasteiger partial charge in [0.2, 0.25) is 5.91 Å². The highest BCUT2D eigenvalue weighted by Crippen LogP contribution is 2.43. The first-order valence-electron chi connectivity index (χ1n) is 23.1. The lowest BCUT2D eigenvalue weighted by Gasteiger charge is -2.28. The van der Waals surface area contributed by atoms with Gasteiger partial charge in [0.25, 0.3) is 0 Å². The van der Waals surface area contributed by atoms with Crippen LogP contribution in [0.5, 0.6) is 0 Å². The van der Waals surface area contributed by atoms with Crippen molar-refractivity contribution >= 4 is 13.7 Å². The number of rotatable bonds is 41. The molecule has 4 atom stereocenters. The molecule has 0 aliphatic carbocycles. The Morgan fingerprint density at radius 3 is 1.60 bits per heavy atom. The maximum Gasteiger partial charge on any atom is 0.472 e. The third-order valence-corrected chi connectivity index (χ3v) is 11.1. The van der Waals surface area contributed by atoms with Gasteiger partial charge in [-0.2, -0.15) is 0 Å². The number of hydrogen-bond acceptors (Lipinski definition) is 6. The summed E-state index contributed by atoms with van der Waals surface area (Å²) in [5.41, 5.74) is 0. The number of carbonyl (C=O) groups is 1. The second-order valence-corrected chi connectivity index (χ2v) is 18.3. The van der Waals surface area contributed by atoms with E-state index in [4.69, 9.17) is 9.05 Å². The fraction of sp³-hybridized carbons (Fsp3) is 0.809. The molecule has 0 bridgehead atoms. The first-order chi connectivity index (χ1) is 27.4. The van der Waals surface area contributed by atoms with Gasteiger partial charge in [0, 0.05) is 6.42 Å². The number of allylic oxidation sites excluding steroid dienone is 8. The van der Waals surface area contributed by atoms with Crippen molar-refractivity contribution in [1.29, 1.82) is 0 Å². The summed E-state index contributed by atoms with van der Waals surface area (Å²) in [6.07, 6.45) is 44.6. The number of aliphatic hydroxyl groups excluding tert-OH is 2. The van der Waals surface area contributed by atoms with Crippen LogP contribution in [0.15, 0.2) is 48.6 Å². The van der Waals surface area contributed by atoms with Crippen molar-refractivity contribution in [2.24, 2.45) is 0 Å². The van der Waals surface area contributed by atoms with E-state index in [1.807, 2.05) is 21.1 Å². The summed E-state index contributed by atoms with van der Waals surface area (Å²) >= 11 is 0. The lowest BCUT2D eigenvalue weighted by Crippen LogP contribution is -2.51. The molecule has 0 rings (SSSR count). The molecular formula is C47H90N2O7P+. The average Bonchev–Trinajstić information content (AvgIpc) is 3.16. The molecule has 0 aromatic carbocycles. The molecule has 4 N–H and O–H groups in total. The zero-order valence-corrected chi connectivity index (χ0v) is 38.3. The lowest BCUT2D eigenvalue weighted by atomic mass is 10.0. The number of nitrogens with one attached hydrogen (secondary N) is 1. The molecule has 0 radical (unpaired) electrons. The van der Waals surface area contributed by atoms with Crippen molar-refractivity contribution in [2.45, 2.75) is 205 Å². The number of nitrogens with zero attached hydrogens (tertiary/aromatic N) is 1. The monoisotopic (exact) mass is 826 g/mol. The van der Waals surface area contributed by atoms with Crippen LogP contribution in [0, 0.1) is 0 Å². The summed E-state index contributed by atoms with van der Waals surface area (Å²) < 4.78 is 23.5. The lowest BCUT2D eigenvalue weighted by molar-refractivity contribution is -0.870. The van der Waals surface area contributed by atoms with E-state index in [1.165, 1.54) is 89.9 Å². The first kappa shape index (κ1) is 55.4. The summed E-state index contributed by atoms with van der Waals surface area (Å²) in [6.45, 7) is 4.52. The van der Waals surface area contributed by atoms with Crippen molar-refractivity contribution < 1.29 is 38.0 Å². The molecule has 4 unspecified atom stereocenters. The van der Waals surface area contributed by atoms with Crippen molar-refractivity contribution in [1.82, 2.24) is 5.32 Å². The van der Waals surface area contributed by atoms with E-state index in [1.54, 1.807) is 0 Å². The van der Waals surface area contributed by atoms with Gasteiger partial charge in [-0.25, -0.2) is 4.57 Å². The van der Waals surface area contributed by atoms with Crippen LogP contribution < -0.4 is 5.32 Å². The van der Waals surface area contributed by atoms with Gasteiger partial charge in [-0.3, -0.25) is 13.8 Å². The smallest absolute Gasteiger partial charge is 0.390 e. The van der Waals surface area contributed by atoms with Gasteiger partial charge in [0.1, 0.15) is 19.3 Å². The highest BCUT2D eigenvalue weighted by Gasteiger charge is 2.31. The number of quaternary nitrogens is 1. The molecule has 334 valence electrons.